The highest BCUT2D eigenvalue weighted by molar-refractivity contribution is 6.04. The van der Waals surface area contributed by atoms with Gasteiger partial charge in [-0.3, -0.25) is 14.2 Å². The quantitative estimate of drug-likeness (QED) is 0.747. The monoisotopic (exact) mass is 373 g/mol. The van der Waals surface area contributed by atoms with Crippen LogP contribution in [0.3, 0.4) is 0 Å². The lowest BCUT2D eigenvalue weighted by Crippen LogP contribution is -2.41. The van der Waals surface area contributed by atoms with E-state index in [4.69, 9.17) is 4.74 Å². The lowest BCUT2D eigenvalue weighted by atomic mass is 10.2. The van der Waals surface area contributed by atoms with Crippen molar-refractivity contribution >= 4 is 17.6 Å². The number of carbonyl (C=O) groups excluding carboxylic acids is 2. The molecular weight excluding hydrogens is 354 g/mol. The van der Waals surface area contributed by atoms with Crippen LogP contribution in [0.1, 0.15) is 33.6 Å². The smallest absolute Gasteiger partial charge is 0.337 e. The van der Waals surface area contributed by atoms with E-state index in [1.54, 1.807) is 0 Å². The van der Waals surface area contributed by atoms with Crippen LogP contribution in [0.5, 0.6) is 0 Å². The fourth-order valence-electron chi connectivity index (χ4n) is 2.84. The average Bonchev–Trinajstić information content (AvgIpc) is 3.18. The molecule has 0 radical (unpaired) electrons. The first kappa shape index (κ1) is 18.6. The summed E-state index contributed by atoms with van der Waals surface area (Å²) in [6.45, 7) is 0.697. The first-order valence-electron chi connectivity index (χ1n) is 8.43. The Labute approximate surface area is 153 Å². The molecule has 1 fully saturated rings. The number of aromatic nitrogens is 2. The van der Waals surface area contributed by atoms with Crippen molar-refractivity contribution in [1.82, 2.24) is 9.55 Å². The SMILES string of the molecule is COC(=O)c1ccc(NC(=O)c2c[nH]c(=O)n(CC3CCCO3)c2=O)cc1. The highest BCUT2D eigenvalue weighted by Crippen LogP contribution is 2.13. The van der Waals surface area contributed by atoms with E-state index in [2.05, 4.69) is 15.0 Å². The molecule has 9 nitrogen and oxygen atoms in total. The maximum atomic E-state index is 12.6. The zero-order valence-electron chi connectivity index (χ0n) is 14.7. The molecule has 3 rings (SSSR count). The van der Waals surface area contributed by atoms with Gasteiger partial charge in [0.25, 0.3) is 11.5 Å². The van der Waals surface area contributed by atoms with E-state index >= 15 is 0 Å². The van der Waals surface area contributed by atoms with Crippen LogP contribution in [0.2, 0.25) is 0 Å². The zero-order valence-corrected chi connectivity index (χ0v) is 14.7. The topological polar surface area (TPSA) is 119 Å². The highest BCUT2D eigenvalue weighted by Gasteiger charge is 2.21. The van der Waals surface area contributed by atoms with Crippen molar-refractivity contribution < 1.29 is 19.1 Å². The van der Waals surface area contributed by atoms with Gasteiger partial charge in [0.2, 0.25) is 0 Å². The molecule has 1 unspecified atom stereocenters. The molecule has 9 heteroatoms. The van der Waals surface area contributed by atoms with Crippen LogP contribution in [0, 0.1) is 0 Å². The molecule has 1 saturated heterocycles. The van der Waals surface area contributed by atoms with Crippen molar-refractivity contribution in [2.45, 2.75) is 25.5 Å². The van der Waals surface area contributed by atoms with Gasteiger partial charge in [-0.25, -0.2) is 9.59 Å². The van der Waals surface area contributed by atoms with E-state index in [-0.39, 0.29) is 18.2 Å². The molecule has 1 amide bonds. The first-order valence-corrected chi connectivity index (χ1v) is 8.43. The number of nitrogens with one attached hydrogen (secondary N) is 2. The normalized spacial score (nSPS) is 16.1. The third-order valence-electron chi connectivity index (χ3n) is 4.28. The molecule has 1 aliphatic heterocycles. The molecule has 2 aromatic rings. The van der Waals surface area contributed by atoms with Gasteiger partial charge in [-0.15, -0.1) is 0 Å². The molecule has 1 atom stereocenters. The highest BCUT2D eigenvalue weighted by atomic mass is 16.5. The van der Waals surface area contributed by atoms with Gasteiger partial charge in [0, 0.05) is 18.5 Å². The Hall–Kier alpha value is -3.20. The summed E-state index contributed by atoms with van der Waals surface area (Å²) in [6.07, 6.45) is 2.51. The fourth-order valence-corrected chi connectivity index (χ4v) is 2.84. The molecule has 0 spiro atoms. The number of nitrogens with zero attached hydrogens (tertiary/aromatic N) is 1. The number of methoxy groups -OCH3 is 1. The number of esters is 1. The van der Waals surface area contributed by atoms with E-state index in [1.165, 1.54) is 31.4 Å². The van der Waals surface area contributed by atoms with E-state index in [9.17, 15) is 19.2 Å². The average molecular weight is 373 g/mol. The zero-order chi connectivity index (χ0) is 19.4. The van der Waals surface area contributed by atoms with Crippen molar-refractivity contribution in [3.63, 3.8) is 0 Å². The van der Waals surface area contributed by atoms with Crippen LogP contribution >= 0.6 is 0 Å². The molecule has 2 N–H and O–H groups in total. The summed E-state index contributed by atoms with van der Waals surface area (Å²) < 4.78 is 11.0. The Bertz CT molecular complexity index is 954. The number of hydrogen-bond acceptors (Lipinski definition) is 6. The van der Waals surface area contributed by atoms with Gasteiger partial charge in [-0.2, -0.15) is 0 Å². The van der Waals surface area contributed by atoms with Crippen LogP contribution in [0.4, 0.5) is 5.69 Å². The number of hydrogen-bond donors (Lipinski definition) is 2. The van der Waals surface area contributed by atoms with Crippen molar-refractivity contribution in [1.29, 1.82) is 0 Å². The molecule has 1 aromatic heterocycles. The van der Waals surface area contributed by atoms with Gasteiger partial charge in [-0.1, -0.05) is 0 Å². The number of carbonyl (C=O) groups is 2. The lowest BCUT2D eigenvalue weighted by Gasteiger charge is -2.12. The minimum absolute atomic E-state index is 0.100. The summed E-state index contributed by atoms with van der Waals surface area (Å²) in [7, 11) is 1.27. The Morgan fingerprint density at radius 1 is 1.30 bits per heavy atom. The summed E-state index contributed by atoms with van der Waals surface area (Å²) in [6, 6.07) is 6.01. The molecule has 0 bridgehead atoms. The number of H-pyrrole nitrogens is 1. The van der Waals surface area contributed by atoms with Gasteiger partial charge >= 0.3 is 11.7 Å². The predicted molar refractivity (Wildman–Crippen MR) is 96.0 cm³/mol. The van der Waals surface area contributed by atoms with Gasteiger partial charge in [0.05, 0.1) is 25.3 Å². The number of benzene rings is 1. The van der Waals surface area contributed by atoms with Crippen LogP contribution < -0.4 is 16.6 Å². The second-order valence-electron chi connectivity index (χ2n) is 6.08. The van der Waals surface area contributed by atoms with Crippen molar-refractivity contribution in [3.05, 3.63) is 62.4 Å². The molecule has 27 heavy (non-hydrogen) atoms. The Balaban J connectivity index is 1.79. The fraction of sp³-hybridized carbons (Fsp3) is 0.333. The van der Waals surface area contributed by atoms with Crippen molar-refractivity contribution in [2.24, 2.45) is 0 Å². The third-order valence-corrected chi connectivity index (χ3v) is 4.28. The van der Waals surface area contributed by atoms with Crippen molar-refractivity contribution in [2.75, 3.05) is 19.0 Å². The van der Waals surface area contributed by atoms with E-state index < -0.39 is 23.1 Å². The number of rotatable bonds is 5. The van der Waals surface area contributed by atoms with E-state index in [0.29, 0.717) is 17.9 Å². The summed E-state index contributed by atoms with van der Waals surface area (Å²) in [4.78, 5) is 50.8. The summed E-state index contributed by atoms with van der Waals surface area (Å²) in [5.41, 5.74) is -0.737. The van der Waals surface area contributed by atoms with Crippen LogP contribution in [-0.2, 0) is 16.0 Å². The second kappa shape index (κ2) is 8.00. The number of anilines is 1. The molecule has 0 saturated carbocycles. The van der Waals surface area contributed by atoms with Gasteiger partial charge in [0.1, 0.15) is 5.56 Å². The number of ether oxygens (including phenoxy) is 2. The van der Waals surface area contributed by atoms with Gasteiger partial charge in [-0.05, 0) is 37.1 Å². The molecule has 0 aliphatic carbocycles. The molecule has 2 heterocycles. The summed E-state index contributed by atoms with van der Waals surface area (Å²) in [5.74, 6) is -1.16. The van der Waals surface area contributed by atoms with Crippen molar-refractivity contribution in [3.8, 4) is 0 Å². The maximum absolute atomic E-state index is 12.6. The number of aromatic amines is 1. The maximum Gasteiger partial charge on any atom is 0.337 e. The molecule has 1 aromatic carbocycles. The van der Waals surface area contributed by atoms with E-state index in [1.807, 2.05) is 0 Å². The predicted octanol–water partition coefficient (Wildman–Crippen LogP) is 0.754. The van der Waals surface area contributed by atoms with Crippen LogP contribution in [0.15, 0.2) is 40.1 Å². The Morgan fingerprint density at radius 2 is 2.04 bits per heavy atom. The molecular formula is C18H19N3O6. The number of amides is 1. The van der Waals surface area contributed by atoms with Crippen LogP contribution in [0.25, 0.3) is 0 Å². The minimum Gasteiger partial charge on any atom is -0.465 e. The standard InChI is InChI=1S/C18H19N3O6/c1-26-17(24)11-4-6-12(7-5-11)20-15(22)14-9-19-18(25)21(16(14)23)10-13-3-2-8-27-13/h4-7,9,13H,2-3,8,10H2,1H3,(H,19,25)(H,20,22). The van der Waals surface area contributed by atoms with Gasteiger partial charge < -0.3 is 19.8 Å². The largest absolute Gasteiger partial charge is 0.465 e. The molecule has 142 valence electrons. The third kappa shape index (κ3) is 4.14. The van der Waals surface area contributed by atoms with Crippen LogP contribution in [-0.4, -0.2) is 41.2 Å². The Morgan fingerprint density at radius 3 is 2.67 bits per heavy atom. The molecule has 1 aliphatic rings. The second-order valence-corrected chi connectivity index (χ2v) is 6.08. The van der Waals surface area contributed by atoms with E-state index in [0.717, 1.165) is 23.6 Å². The first-order chi connectivity index (χ1) is 13.0. The van der Waals surface area contributed by atoms with Gasteiger partial charge in [0.15, 0.2) is 0 Å². The summed E-state index contributed by atoms with van der Waals surface area (Å²) >= 11 is 0. The Kier molecular flexibility index (Phi) is 5.51. The lowest BCUT2D eigenvalue weighted by molar-refractivity contribution is 0.0600. The summed E-state index contributed by atoms with van der Waals surface area (Å²) in [5, 5.41) is 2.57. The minimum atomic E-state index is -0.682.